The number of nitro benzene ring substituents is 1. The van der Waals surface area contributed by atoms with Crippen LogP contribution in [0.2, 0.25) is 0 Å². The molecule has 4 N–H and O–H groups in total. The van der Waals surface area contributed by atoms with Crippen LogP contribution in [0.15, 0.2) is 23.1 Å². The number of benzene rings is 1. The molecule has 2 amide bonds. The molecule has 0 radical (unpaired) electrons. The smallest absolute Gasteiger partial charge is 0.329 e. The number of hydrogen-bond donors (Lipinski definition) is 3. The van der Waals surface area contributed by atoms with Gasteiger partial charge in [-0.15, -0.1) is 11.8 Å². The Morgan fingerprint density at radius 3 is 2.54 bits per heavy atom. The van der Waals surface area contributed by atoms with E-state index in [9.17, 15) is 29.6 Å². The number of amides is 2. The number of aliphatic carboxylic acids is 1. The van der Waals surface area contributed by atoms with Crippen molar-refractivity contribution in [3.8, 4) is 0 Å². The van der Waals surface area contributed by atoms with Crippen LogP contribution < -0.4 is 11.1 Å². The SMILES string of the molecule is NC(=O)c1ccc(SCC(=O)NC2(C(=O)O)CCSCC2)c([N+](=O)[O-])c1. The van der Waals surface area contributed by atoms with Crippen LogP contribution in [0.5, 0.6) is 0 Å². The average Bonchev–Trinajstić information content (AvgIpc) is 2.60. The third-order valence-corrected chi connectivity index (χ3v) is 5.98. The summed E-state index contributed by atoms with van der Waals surface area (Å²) in [6.07, 6.45) is 0.660. The lowest BCUT2D eigenvalue weighted by Gasteiger charge is -2.33. The topological polar surface area (TPSA) is 153 Å². The van der Waals surface area contributed by atoms with E-state index >= 15 is 0 Å². The highest BCUT2D eigenvalue weighted by Gasteiger charge is 2.41. The van der Waals surface area contributed by atoms with Crippen LogP contribution in [0.4, 0.5) is 5.69 Å². The molecule has 26 heavy (non-hydrogen) atoms. The lowest BCUT2D eigenvalue weighted by Crippen LogP contribution is -2.57. The van der Waals surface area contributed by atoms with Crippen LogP contribution in [0.1, 0.15) is 23.2 Å². The summed E-state index contributed by atoms with van der Waals surface area (Å²) in [5.74, 6) is -1.29. The molecule has 2 rings (SSSR count). The second kappa shape index (κ2) is 8.41. The van der Waals surface area contributed by atoms with Gasteiger partial charge in [-0.25, -0.2) is 4.79 Å². The Kier molecular flexibility index (Phi) is 6.48. The number of rotatable bonds is 7. The van der Waals surface area contributed by atoms with Gasteiger partial charge in [0.2, 0.25) is 11.8 Å². The van der Waals surface area contributed by atoms with E-state index in [0.717, 1.165) is 17.8 Å². The van der Waals surface area contributed by atoms with E-state index in [1.54, 1.807) is 11.8 Å². The average molecular weight is 399 g/mol. The molecule has 11 heteroatoms. The lowest BCUT2D eigenvalue weighted by molar-refractivity contribution is -0.387. The maximum absolute atomic E-state index is 12.2. The summed E-state index contributed by atoms with van der Waals surface area (Å²) < 4.78 is 0. The van der Waals surface area contributed by atoms with E-state index in [-0.39, 0.29) is 21.9 Å². The third kappa shape index (κ3) is 4.67. The van der Waals surface area contributed by atoms with Gasteiger partial charge in [-0.3, -0.25) is 19.7 Å². The Balaban J connectivity index is 2.08. The molecule has 0 spiro atoms. The van der Waals surface area contributed by atoms with Gasteiger partial charge in [0.05, 0.1) is 15.6 Å². The number of carboxylic acids is 1. The van der Waals surface area contributed by atoms with Gasteiger partial charge < -0.3 is 16.2 Å². The van der Waals surface area contributed by atoms with Crippen LogP contribution >= 0.6 is 23.5 Å². The monoisotopic (exact) mass is 399 g/mol. The van der Waals surface area contributed by atoms with Gasteiger partial charge in [0.15, 0.2) is 0 Å². The van der Waals surface area contributed by atoms with E-state index < -0.39 is 28.2 Å². The van der Waals surface area contributed by atoms with Crippen molar-refractivity contribution in [2.24, 2.45) is 5.73 Å². The third-order valence-electron chi connectivity index (χ3n) is 3.93. The lowest BCUT2D eigenvalue weighted by atomic mass is 9.92. The normalized spacial score (nSPS) is 15.8. The highest BCUT2D eigenvalue weighted by atomic mass is 32.2. The van der Waals surface area contributed by atoms with Gasteiger partial charge in [-0.2, -0.15) is 11.8 Å². The molecule has 0 aromatic heterocycles. The summed E-state index contributed by atoms with van der Waals surface area (Å²) in [5, 5.41) is 23.2. The minimum Gasteiger partial charge on any atom is -0.480 e. The van der Waals surface area contributed by atoms with Crippen LogP contribution in [0, 0.1) is 10.1 Å². The molecule has 1 aliphatic heterocycles. The fraction of sp³-hybridized carbons (Fsp3) is 0.400. The Labute approximate surface area is 157 Å². The maximum atomic E-state index is 12.2. The first-order valence-corrected chi connectivity index (χ1v) is 9.72. The second-order valence-corrected chi connectivity index (χ2v) is 7.88. The highest BCUT2D eigenvalue weighted by molar-refractivity contribution is 8.00. The molecular formula is C15H17N3O6S2. The standard InChI is InChI=1S/C15H17N3O6S2/c16-13(20)9-1-2-11(10(7-9)18(23)24)26-8-12(19)17-15(14(21)22)3-5-25-6-4-15/h1-2,7H,3-6,8H2,(H2,16,20)(H,17,19)(H,21,22). The van der Waals surface area contributed by atoms with Gasteiger partial charge in [0, 0.05) is 11.6 Å². The number of nitrogens with one attached hydrogen (secondary N) is 1. The van der Waals surface area contributed by atoms with E-state index in [2.05, 4.69) is 5.32 Å². The molecule has 0 unspecified atom stereocenters. The summed E-state index contributed by atoms with van der Waals surface area (Å²) in [4.78, 5) is 45.6. The number of carbonyl (C=O) groups excluding carboxylic acids is 2. The quantitative estimate of drug-likeness (QED) is 0.352. The number of carbonyl (C=O) groups is 3. The summed E-state index contributed by atoms with van der Waals surface area (Å²) >= 11 is 2.53. The minimum atomic E-state index is -1.29. The molecule has 1 fully saturated rings. The van der Waals surface area contributed by atoms with Crippen molar-refractivity contribution in [1.29, 1.82) is 0 Å². The maximum Gasteiger partial charge on any atom is 0.329 e. The van der Waals surface area contributed by atoms with Crippen molar-refractivity contribution in [3.05, 3.63) is 33.9 Å². The first-order chi connectivity index (χ1) is 12.2. The molecule has 1 saturated heterocycles. The molecule has 1 aromatic rings. The molecule has 0 bridgehead atoms. The van der Waals surface area contributed by atoms with Crippen molar-refractivity contribution in [2.45, 2.75) is 23.3 Å². The minimum absolute atomic E-state index is 0.00460. The van der Waals surface area contributed by atoms with E-state index in [4.69, 9.17) is 5.73 Å². The van der Waals surface area contributed by atoms with Crippen molar-refractivity contribution in [3.63, 3.8) is 0 Å². The molecule has 0 atom stereocenters. The van der Waals surface area contributed by atoms with Crippen LogP contribution in [0.25, 0.3) is 0 Å². The summed E-state index contributed by atoms with van der Waals surface area (Å²) in [6, 6.07) is 3.74. The zero-order chi connectivity index (χ0) is 19.3. The predicted octanol–water partition coefficient (Wildman–Crippen LogP) is 1.25. The van der Waals surface area contributed by atoms with E-state index in [1.165, 1.54) is 12.1 Å². The molecule has 0 saturated carbocycles. The molecule has 9 nitrogen and oxygen atoms in total. The van der Waals surface area contributed by atoms with Gasteiger partial charge in [-0.1, -0.05) is 0 Å². The zero-order valence-electron chi connectivity index (χ0n) is 13.6. The molecule has 140 valence electrons. The number of hydrogen-bond acceptors (Lipinski definition) is 7. The Morgan fingerprint density at radius 1 is 1.35 bits per heavy atom. The Morgan fingerprint density at radius 2 is 2.00 bits per heavy atom. The largest absolute Gasteiger partial charge is 0.480 e. The number of nitro groups is 1. The van der Waals surface area contributed by atoms with Crippen molar-refractivity contribution in [2.75, 3.05) is 17.3 Å². The van der Waals surface area contributed by atoms with Gasteiger partial charge in [0.25, 0.3) is 5.69 Å². The number of carboxylic acid groups (broad SMARTS) is 1. The number of primary amides is 1. The second-order valence-electron chi connectivity index (χ2n) is 5.64. The molecule has 1 heterocycles. The van der Waals surface area contributed by atoms with Gasteiger partial charge in [0.1, 0.15) is 5.54 Å². The zero-order valence-corrected chi connectivity index (χ0v) is 15.2. The molecule has 0 aliphatic carbocycles. The predicted molar refractivity (Wildman–Crippen MR) is 97.4 cm³/mol. The van der Waals surface area contributed by atoms with E-state index in [1.807, 2.05) is 0 Å². The van der Waals surface area contributed by atoms with Crippen molar-refractivity contribution in [1.82, 2.24) is 5.32 Å². The molecular weight excluding hydrogens is 382 g/mol. The number of thioether (sulfide) groups is 2. The number of nitrogens with two attached hydrogens (primary N) is 1. The first kappa shape index (κ1) is 20.0. The molecule has 1 aromatic carbocycles. The highest BCUT2D eigenvalue weighted by Crippen LogP contribution is 2.31. The van der Waals surface area contributed by atoms with Crippen molar-refractivity contribution < 1.29 is 24.4 Å². The Bertz CT molecular complexity index is 749. The summed E-state index contributed by atoms with van der Waals surface area (Å²) in [5.41, 5.74) is 3.49. The molecule has 1 aliphatic rings. The van der Waals surface area contributed by atoms with E-state index in [0.29, 0.717) is 24.3 Å². The fourth-order valence-corrected chi connectivity index (χ4v) is 4.49. The fourth-order valence-electron chi connectivity index (χ4n) is 2.49. The summed E-state index contributed by atoms with van der Waals surface area (Å²) in [6.45, 7) is 0. The van der Waals surface area contributed by atoms with Gasteiger partial charge in [-0.05, 0) is 36.5 Å². The van der Waals surface area contributed by atoms with Gasteiger partial charge >= 0.3 is 5.97 Å². The summed E-state index contributed by atoms with van der Waals surface area (Å²) in [7, 11) is 0. The first-order valence-electron chi connectivity index (χ1n) is 7.58. The van der Waals surface area contributed by atoms with Crippen LogP contribution in [0.3, 0.4) is 0 Å². The van der Waals surface area contributed by atoms with Crippen LogP contribution in [-0.4, -0.2) is 50.6 Å². The van der Waals surface area contributed by atoms with Crippen LogP contribution in [-0.2, 0) is 9.59 Å². The van der Waals surface area contributed by atoms with Crippen molar-refractivity contribution >= 4 is 47.0 Å². The number of nitrogens with zero attached hydrogens (tertiary/aromatic N) is 1. The Hall–Kier alpha value is -2.27.